The van der Waals surface area contributed by atoms with Crippen LogP contribution in [0.1, 0.15) is 18.1 Å². The van der Waals surface area contributed by atoms with E-state index < -0.39 is 0 Å². The van der Waals surface area contributed by atoms with Gasteiger partial charge in [0.05, 0.1) is 20.4 Å². The Morgan fingerprint density at radius 1 is 1.27 bits per heavy atom. The molecule has 0 heterocycles. The molecule has 0 aliphatic carbocycles. The van der Waals surface area contributed by atoms with Crippen LogP contribution in [-0.4, -0.2) is 25.6 Å². The van der Waals surface area contributed by atoms with Crippen molar-refractivity contribution in [1.29, 1.82) is 0 Å². The molecule has 0 aliphatic heterocycles. The Morgan fingerprint density at radius 2 is 1.93 bits per heavy atom. The van der Waals surface area contributed by atoms with Crippen LogP contribution >= 0.6 is 0 Å². The Balaban J connectivity index is 3.27. The van der Waals surface area contributed by atoms with Crippen molar-refractivity contribution < 1.29 is 14.7 Å². The average Bonchev–Trinajstić information content (AvgIpc) is 2.28. The Hall–Kier alpha value is -1.71. The first kappa shape index (κ1) is 11.4. The van der Waals surface area contributed by atoms with Gasteiger partial charge in [0.15, 0.2) is 0 Å². The van der Waals surface area contributed by atoms with Gasteiger partial charge in [0, 0.05) is 11.6 Å². The fourth-order valence-electron chi connectivity index (χ4n) is 1.43. The first-order chi connectivity index (χ1) is 7.26. The molecule has 1 aromatic carbocycles. The molecule has 0 saturated heterocycles. The van der Waals surface area contributed by atoms with Crippen molar-refractivity contribution in [2.45, 2.75) is 13.3 Å². The molecule has 0 aliphatic rings. The summed E-state index contributed by atoms with van der Waals surface area (Å²) in [6.07, 6.45) is 2.19. The zero-order valence-electron chi connectivity index (χ0n) is 9.15. The Kier molecular flexibility index (Phi) is 3.97. The minimum atomic E-state index is 0.627. The van der Waals surface area contributed by atoms with E-state index in [-0.39, 0.29) is 0 Å². The Labute approximate surface area is 89.1 Å². The summed E-state index contributed by atoms with van der Waals surface area (Å²) in [5.74, 6) is 1.41. The second-order valence-electron chi connectivity index (χ2n) is 3.00. The van der Waals surface area contributed by atoms with Gasteiger partial charge in [-0.3, -0.25) is 0 Å². The number of methoxy groups -OCH3 is 2. The SMILES string of the molecule is CCc1cc(/C=N/O)c(OC)cc1OC. The van der Waals surface area contributed by atoms with Crippen LogP contribution in [0.25, 0.3) is 0 Å². The third kappa shape index (κ3) is 2.40. The molecule has 4 nitrogen and oxygen atoms in total. The first-order valence-corrected chi connectivity index (χ1v) is 4.69. The molecule has 0 saturated carbocycles. The zero-order valence-corrected chi connectivity index (χ0v) is 9.15. The number of hydrogen-bond acceptors (Lipinski definition) is 4. The maximum atomic E-state index is 8.51. The highest BCUT2D eigenvalue weighted by Crippen LogP contribution is 2.28. The second kappa shape index (κ2) is 5.24. The molecular weight excluding hydrogens is 194 g/mol. The Morgan fingerprint density at radius 3 is 2.40 bits per heavy atom. The van der Waals surface area contributed by atoms with Crippen LogP contribution < -0.4 is 9.47 Å². The fourth-order valence-corrected chi connectivity index (χ4v) is 1.43. The summed E-state index contributed by atoms with van der Waals surface area (Å²) in [6.45, 7) is 2.03. The lowest BCUT2D eigenvalue weighted by Gasteiger charge is -2.11. The normalized spacial score (nSPS) is 10.6. The summed E-state index contributed by atoms with van der Waals surface area (Å²) in [7, 11) is 3.18. The number of nitrogens with zero attached hydrogens (tertiary/aromatic N) is 1. The van der Waals surface area contributed by atoms with Gasteiger partial charge in [0.1, 0.15) is 11.5 Å². The molecule has 0 spiro atoms. The van der Waals surface area contributed by atoms with Crippen molar-refractivity contribution in [1.82, 2.24) is 0 Å². The number of rotatable bonds is 4. The van der Waals surface area contributed by atoms with Gasteiger partial charge in [-0.05, 0) is 18.1 Å². The molecule has 0 unspecified atom stereocenters. The van der Waals surface area contributed by atoms with E-state index in [0.717, 1.165) is 23.3 Å². The summed E-state index contributed by atoms with van der Waals surface area (Å²) in [5.41, 5.74) is 1.78. The number of aryl methyl sites for hydroxylation is 1. The lowest BCUT2D eigenvalue weighted by Crippen LogP contribution is -1.97. The highest BCUT2D eigenvalue weighted by atomic mass is 16.5. The summed E-state index contributed by atoms with van der Waals surface area (Å²) >= 11 is 0. The highest BCUT2D eigenvalue weighted by molar-refractivity contribution is 5.84. The van der Waals surface area contributed by atoms with Crippen molar-refractivity contribution in [3.05, 3.63) is 23.3 Å². The summed E-state index contributed by atoms with van der Waals surface area (Å²) in [4.78, 5) is 0. The third-order valence-corrected chi connectivity index (χ3v) is 2.21. The van der Waals surface area contributed by atoms with E-state index in [0.29, 0.717) is 5.75 Å². The molecule has 82 valence electrons. The van der Waals surface area contributed by atoms with Crippen LogP contribution in [0.3, 0.4) is 0 Å². The van der Waals surface area contributed by atoms with E-state index in [1.807, 2.05) is 13.0 Å². The van der Waals surface area contributed by atoms with Crippen molar-refractivity contribution in [3.63, 3.8) is 0 Å². The summed E-state index contributed by atoms with van der Waals surface area (Å²) in [5, 5.41) is 11.5. The van der Waals surface area contributed by atoms with Gasteiger partial charge in [0.2, 0.25) is 0 Å². The summed E-state index contributed by atoms with van der Waals surface area (Å²) in [6, 6.07) is 3.67. The van der Waals surface area contributed by atoms with Gasteiger partial charge < -0.3 is 14.7 Å². The third-order valence-electron chi connectivity index (χ3n) is 2.21. The predicted octanol–water partition coefficient (Wildman–Crippen LogP) is 2.07. The van der Waals surface area contributed by atoms with Gasteiger partial charge in [-0.1, -0.05) is 12.1 Å². The number of benzene rings is 1. The fraction of sp³-hybridized carbons (Fsp3) is 0.364. The number of oxime groups is 1. The van der Waals surface area contributed by atoms with Crippen molar-refractivity contribution >= 4 is 6.21 Å². The van der Waals surface area contributed by atoms with E-state index in [2.05, 4.69) is 5.16 Å². The van der Waals surface area contributed by atoms with E-state index in [1.165, 1.54) is 6.21 Å². The molecule has 15 heavy (non-hydrogen) atoms. The largest absolute Gasteiger partial charge is 0.496 e. The number of ether oxygens (including phenoxy) is 2. The van der Waals surface area contributed by atoms with Crippen molar-refractivity contribution in [2.75, 3.05) is 14.2 Å². The van der Waals surface area contributed by atoms with E-state index >= 15 is 0 Å². The van der Waals surface area contributed by atoms with Crippen LogP contribution in [0, 0.1) is 0 Å². The molecule has 0 fully saturated rings. The second-order valence-corrected chi connectivity index (χ2v) is 3.00. The minimum Gasteiger partial charge on any atom is -0.496 e. The monoisotopic (exact) mass is 209 g/mol. The molecule has 4 heteroatoms. The lowest BCUT2D eigenvalue weighted by molar-refractivity contribution is 0.321. The minimum absolute atomic E-state index is 0.627. The first-order valence-electron chi connectivity index (χ1n) is 4.69. The molecule has 0 aromatic heterocycles. The molecule has 0 radical (unpaired) electrons. The van der Waals surface area contributed by atoms with E-state index in [9.17, 15) is 0 Å². The van der Waals surface area contributed by atoms with Gasteiger partial charge in [-0.2, -0.15) is 0 Å². The average molecular weight is 209 g/mol. The number of hydrogen-bond donors (Lipinski definition) is 1. The van der Waals surface area contributed by atoms with Crippen LogP contribution in [-0.2, 0) is 6.42 Å². The van der Waals surface area contributed by atoms with Crippen LogP contribution in [0.15, 0.2) is 17.3 Å². The molecule has 0 bridgehead atoms. The maximum Gasteiger partial charge on any atom is 0.131 e. The topological polar surface area (TPSA) is 51.1 Å². The van der Waals surface area contributed by atoms with Crippen molar-refractivity contribution in [3.8, 4) is 11.5 Å². The lowest BCUT2D eigenvalue weighted by atomic mass is 10.1. The molecular formula is C11H15NO3. The van der Waals surface area contributed by atoms with Gasteiger partial charge in [0.25, 0.3) is 0 Å². The molecule has 0 amide bonds. The van der Waals surface area contributed by atoms with Crippen molar-refractivity contribution in [2.24, 2.45) is 5.16 Å². The van der Waals surface area contributed by atoms with E-state index in [1.54, 1.807) is 20.3 Å². The molecule has 1 rings (SSSR count). The molecule has 1 N–H and O–H groups in total. The predicted molar refractivity (Wildman–Crippen MR) is 58.3 cm³/mol. The zero-order chi connectivity index (χ0) is 11.3. The van der Waals surface area contributed by atoms with Gasteiger partial charge in [-0.15, -0.1) is 0 Å². The standard InChI is InChI=1S/C11H15NO3/c1-4-8-5-9(7-12-13)11(15-3)6-10(8)14-2/h5-7,13H,4H2,1-3H3/b12-7+. The molecule has 1 aromatic rings. The smallest absolute Gasteiger partial charge is 0.131 e. The maximum absolute atomic E-state index is 8.51. The van der Waals surface area contributed by atoms with Crippen LogP contribution in [0.4, 0.5) is 0 Å². The molecule has 0 atom stereocenters. The Bertz CT molecular complexity index is 361. The highest BCUT2D eigenvalue weighted by Gasteiger charge is 2.08. The van der Waals surface area contributed by atoms with Crippen LogP contribution in [0.5, 0.6) is 11.5 Å². The van der Waals surface area contributed by atoms with Gasteiger partial charge >= 0.3 is 0 Å². The van der Waals surface area contributed by atoms with Crippen LogP contribution in [0.2, 0.25) is 0 Å². The van der Waals surface area contributed by atoms with E-state index in [4.69, 9.17) is 14.7 Å². The van der Waals surface area contributed by atoms with Gasteiger partial charge in [-0.25, -0.2) is 0 Å². The quantitative estimate of drug-likeness (QED) is 0.469. The summed E-state index contributed by atoms with van der Waals surface area (Å²) < 4.78 is 10.4.